The maximum absolute atomic E-state index is 12.5. The summed E-state index contributed by atoms with van der Waals surface area (Å²) in [5.74, 6) is 0.187. The molecule has 0 spiro atoms. The van der Waals surface area contributed by atoms with Gasteiger partial charge in [-0.15, -0.1) is 0 Å². The maximum atomic E-state index is 12.5. The van der Waals surface area contributed by atoms with Crippen molar-refractivity contribution in [2.45, 2.75) is 12.1 Å². The second-order valence-electron chi connectivity index (χ2n) is 6.03. The molecule has 0 aliphatic carbocycles. The van der Waals surface area contributed by atoms with Crippen LogP contribution in [0.1, 0.15) is 15.9 Å². The number of imidazole rings is 1. The van der Waals surface area contributed by atoms with Gasteiger partial charge in [-0.3, -0.25) is 14.1 Å². The van der Waals surface area contributed by atoms with Crippen molar-refractivity contribution < 1.29 is 13.2 Å². The van der Waals surface area contributed by atoms with Crippen LogP contribution in [-0.4, -0.2) is 35.8 Å². The molecule has 0 saturated carbocycles. The summed E-state index contributed by atoms with van der Waals surface area (Å²) in [7, 11) is -3.33. The van der Waals surface area contributed by atoms with Gasteiger partial charge in [0.25, 0.3) is 0 Å². The summed E-state index contributed by atoms with van der Waals surface area (Å²) in [4.78, 5) is 16.8. The minimum atomic E-state index is -3.33. The Morgan fingerprint density at radius 2 is 1.85 bits per heavy atom. The summed E-state index contributed by atoms with van der Waals surface area (Å²) in [5, 5.41) is 0.744. The van der Waals surface area contributed by atoms with Gasteiger partial charge in [-0.25, -0.2) is 13.4 Å². The predicted octanol–water partition coefficient (Wildman–Crippen LogP) is 3.53. The molecule has 27 heavy (non-hydrogen) atoms. The second kappa shape index (κ2) is 7.98. The number of rotatable bonds is 7. The number of hydrogen-bond acceptors (Lipinski definition) is 5. The first-order valence-electron chi connectivity index (χ1n) is 8.17. The largest absolute Gasteiger partial charge is 0.295 e. The molecule has 1 heterocycles. The van der Waals surface area contributed by atoms with Crippen LogP contribution >= 0.6 is 11.8 Å². The number of sulfonamides is 1. The van der Waals surface area contributed by atoms with Crippen LogP contribution in [0.2, 0.25) is 0 Å². The first-order valence-corrected chi connectivity index (χ1v) is 11.0. The molecule has 0 unspecified atom stereocenters. The van der Waals surface area contributed by atoms with Crippen molar-refractivity contribution in [3.63, 3.8) is 0 Å². The molecule has 8 heteroatoms. The number of hydrogen-bond donors (Lipinski definition) is 1. The fraction of sp³-hybridized carbons (Fsp3) is 0.158. The molecule has 1 N–H and O–H groups in total. The van der Waals surface area contributed by atoms with E-state index < -0.39 is 10.0 Å². The van der Waals surface area contributed by atoms with Gasteiger partial charge in [0, 0.05) is 23.6 Å². The summed E-state index contributed by atoms with van der Waals surface area (Å²) < 4.78 is 26.8. The fourth-order valence-corrected chi connectivity index (χ4v) is 3.99. The van der Waals surface area contributed by atoms with Gasteiger partial charge in [-0.1, -0.05) is 30.0 Å². The summed E-state index contributed by atoms with van der Waals surface area (Å²) in [6, 6.07) is 14.4. The number of carbonyl (C=O) groups excluding carboxylic acids is 1. The van der Waals surface area contributed by atoms with Crippen LogP contribution in [0.25, 0.3) is 5.69 Å². The van der Waals surface area contributed by atoms with E-state index in [1.165, 1.54) is 11.8 Å². The summed E-state index contributed by atoms with van der Waals surface area (Å²) in [5.41, 5.74) is 3.10. The number of ketones is 1. The molecule has 0 amide bonds. The van der Waals surface area contributed by atoms with Crippen molar-refractivity contribution >= 4 is 33.3 Å². The van der Waals surface area contributed by atoms with Crippen molar-refractivity contribution in [3.8, 4) is 5.69 Å². The van der Waals surface area contributed by atoms with Gasteiger partial charge in [0.1, 0.15) is 0 Å². The topological polar surface area (TPSA) is 81.1 Å². The van der Waals surface area contributed by atoms with E-state index in [2.05, 4.69) is 9.71 Å². The van der Waals surface area contributed by atoms with Gasteiger partial charge in [-0.05, 0) is 42.8 Å². The highest BCUT2D eigenvalue weighted by molar-refractivity contribution is 7.99. The van der Waals surface area contributed by atoms with Crippen molar-refractivity contribution in [1.82, 2.24) is 9.55 Å². The zero-order chi connectivity index (χ0) is 19.4. The van der Waals surface area contributed by atoms with E-state index in [-0.39, 0.29) is 11.5 Å². The van der Waals surface area contributed by atoms with Crippen LogP contribution < -0.4 is 4.72 Å². The predicted molar refractivity (Wildman–Crippen MR) is 108 cm³/mol. The molecule has 3 rings (SSSR count). The third-order valence-corrected chi connectivity index (χ3v) is 5.40. The Bertz CT molecular complexity index is 1060. The summed E-state index contributed by atoms with van der Waals surface area (Å²) in [6.45, 7) is 2.03. The van der Waals surface area contributed by atoms with E-state index in [9.17, 15) is 13.2 Å². The van der Waals surface area contributed by atoms with Crippen molar-refractivity contribution in [2.75, 3.05) is 16.7 Å². The summed E-state index contributed by atoms with van der Waals surface area (Å²) in [6.07, 6.45) is 4.67. The lowest BCUT2D eigenvalue weighted by molar-refractivity contribution is 0.102. The normalized spacial score (nSPS) is 11.3. The molecule has 3 aromatic rings. The van der Waals surface area contributed by atoms with E-state index in [0.717, 1.165) is 22.7 Å². The molecule has 0 atom stereocenters. The van der Waals surface area contributed by atoms with Crippen molar-refractivity contribution in [3.05, 3.63) is 72.1 Å². The number of carbonyl (C=O) groups is 1. The standard InChI is InChI=1S/C19H19N3O3S2/c1-14-5-3-4-6-17(14)22-12-11-20-19(22)26-13-18(23)15-7-9-16(10-8-15)21-27(2,24)25/h3-12,21H,13H2,1-2H3. The fourth-order valence-electron chi connectivity index (χ4n) is 2.57. The lowest BCUT2D eigenvalue weighted by Crippen LogP contribution is -2.10. The van der Waals surface area contributed by atoms with Crippen LogP contribution in [-0.2, 0) is 10.0 Å². The number of para-hydroxylation sites is 1. The molecule has 0 radical (unpaired) electrons. The number of aromatic nitrogens is 2. The van der Waals surface area contributed by atoms with Crippen LogP contribution in [0, 0.1) is 6.92 Å². The summed E-state index contributed by atoms with van der Waals surface area (Å²) >= 11 is 1.37. The molecule has 0 bridgehead atoms. The van der Waals surface area contributed by atoms with Gasteiger partial charge in [0.2, 0.25) is 10.0 Å². The molecule has 0 aliphatic rings. The lowest BCUT2D eigenvalue weighted by atomic mass is 10.1. The van der Waals surface area contributed by atoms with E-state index in [4.69, 9.17) is 0 Å². The van der Waals surface area contributed by atoms with Crippen LogP contribution in [0.15, 0.2) is 66.1 Å². The lowest BCUT2D eigenvalue weighted by Gasteiger charge is -2.10. The van der Waals surface area contributed by atoms with Gasteiger partial charge in [-0.2, -0.15) is 0 Å². The first kappa shape index (κ1) is 19.2. The molecule has 2 aromatic carbocycles. The SMILES string of the molecule is Cc1ccccc1-n1ccnc1SCC(=O)c1ccc(NS(C)(=O)=O)cc1. The van der Waals surface area contributed by atoms with Gasteiger partial charge in [0.15, 0.2) is 10.9 Å². The highest BCUT2D eigenvalue weighted by Crippen LogP contribution is 2.23. The third kappa shape index (κ3) is 4.99. The average molecular weight is 402 g/mol. The Morgan fingerprint density at radius 3 is 2.52 bits per heavy atom. The maximum Gasteiger partial charge on any atom is 0.229 e. The Balaban J connectivity index is 1.69. The molecule has 6 nitrogen and oxygen atoms in total. The monoisotopic (exact) mass is 401 g/mol. The minimum Gasteiger partial charge on any atom is -0.295 e. The molecule has 0 fully saturated rings. The Kier molecular flexibility index (Phi) is 5.67. The van der Waals surface area contributed by atoms with Crippen LogP contribution in [0.5, 0.6) is 0 Å². The number of nitrogens with one attached hydrogen (secondary N) is 1. The van der Waals surface area contributed by atoms with E-state index in [1.807, 2.05) is 42.0 Å². The Labute approximate surface area is 162 Å². The Hall–Kier alpha value is -2.58. The third-order valence-electron chi connectivity index (χ3n) is 3.82. The van der Waals surface area contributed by atoms with Gasteiger partial charge < -0.3 is 0 Å². The number of anilines is 1. The number of benzene rings is 2. The van der Waals surface area contributed by atoms with Crippen LogP contribution in [0.4, 0.5) is 5.69 Å². The highest BCUT2D eigenvalue weighted by atomic mass is 32.2. The molecule has 1 aromatic heterocycles. The number of thioether (sulfide) groups is 1. The number of nitrogens with zero attached hydrogens (tertiary/aromatic N) is 2. The van der Waals surface area contributed by atoms with Gasteiger partial charge >= 0.3 is 0 Å². The van der Waals surface area contributed by atoms with Crippen LogP contribution in [0.3, 0.4) is 0 Å². The smallest absolute Gasteiger partial charge is 0.229 e. The number of Topliss-reactive ketones (excluding diaryl/α,β-unsaturated/α-hetero) is 1. The van der Waals surface area contributed by atoms with Gasteiger partial charge in [0.05, 0.1) is 17.7 Å². The molecule has 0 saturated heterocycles. The number of aryl methyl sites for hydroxylation is 1. The van der Waals surface area contributed by atoms with E-state index in [0.29, 0.717) is 11.3 Å². The highest BCUT2D eigenvalue weighted by Gasteiger charge is 2.12. The average Bonchev–Trinajstić information content (AvgIpc) is 3.07. The zero-order valence-electron chi connectivity index (χ0n) is 14.9. The molecular weight excluding hydrogens is 382 g/mol. The molecular formula is C19H19N3O3S2. The molecule has 140 valence electrons. The van der Waals surface area contributed by atoms with E-state index in [1.54, 1.807) is 30.5 Å². The minimum absolute atomic E-state index is 0.0507. The van der Waals surface area contributed by atoms with Crippen molar-refractivity contribution in [2.24, 2.45) is 0 Å². The quantitative estimate of drug-likeness (QED) is 0.484. The first-order chi connectivity index (χ1) is 12.8. The Morgan fingerprint density at radius 1 is 1.15 bits per heavy atom. The zero-order valence-corrected chi connectivity index (χ0v) is 16.5. The van der Waals surface area contributed by atoms with Crippen molar-refractivity contribution in [1.29, 1.82) is 0 Å². The van der Waals surface area contributed by atoms with E-state index >= 15 is 0 Å². The molecule has 0 aliphatic heterocycles. The second-order valence-corrected chi connectivity index (χ2v) is 8.72.